The molecule has 9 heteroatoms. The smallest absolute Gasteiger partial charge is 0.262 e. The van der Waals surface area contributed by atoms with Crippen LogP contribution in [0.3, 0.4) is 0 Å². The van der Waals surface area contributed by atoms with E-state index in [2.05, 4.69) is 25.5 Å². The Morgan fingerprint density at radius 1 is 1.16 bits per heavy atom. The van der Waals surface area contributed by atoms with Crippen LogP contribution in [0.4, 0.5) is 5.69 Å². The van der Waals surface area contributed by atoms with Crippen molar-refractivity contribution in [1.29, 1.82) is 0 Å². The maximum atomic E-state index is 12.5. The summed E-state index contributed by atoms with van der Waals surface area (Å²) in [6.45, 7) is 3.70. The number of anilines is 1. The van der Waals surface area contributed by atoms with Gasteiger partial charge in [0.05, 0.1) is 11.7 Å². The molecular weight excluding hydrogens is 426 g/mol. The van der Waals surface area contributed by atoms with E-state index >= 15 is 0 Å². The zero-order valence-corrected chi connectivity index (χ0v) is 18.6. The van der Waals surface area contributed by atoms with Gasteiger partial charge in [-0.3, -0.25) is 19.4 Å². The average molecular weight is 452 g/mol. The lowest BCUT2D eigenvalue weighted by molar-refractivity contribution is -0.121. The van der Waals surface area contributed by atoms with E-state index in [0.29, 0.717) is 11.3 Å². The van der Waals surface area contributed by atoms with Crippen molar-refractivity contribution < 1.29 is 14.4 Å². The number of rotatable bonds is 6. The lowest BCUT2D eigenvalue weighted by atomic mass is 10.1. The molecule has 2 atom stereocenters. The molecule has 0 saturated carbocycles. The van der Waals surface area contributed by atoms with E-state index in [4.69, 9.17) is 0 Å². The molecule has 8 nitrogen and oxygen atoms in total. The topological polar surface area (TPSA) is 104 Å². The first-order chi connectivity index (χ1) is 15.5. The Morgan fingerprint density at radius 2 is 1.91 bits per heavy atom. The third kappa shape index (κ3) is 5.34. The SMILES string of the molecule is C[C@@H](NC(=O)c1ccc(NC(=O)C[C@H]2SC(N3CCCC3)=NC2=O)cc1)c1ccccn1. The zero-order valence-electron chi connectivity index (χ0n) is 17.8. The van der Waals surface area contributed by atoms with Crippen molar-refractivity contribution in [1.82, 2.24) is 15.2 Å². The van der Waals surface area contributed by atoms with Crippen LogP contribution in [-0.4, -0.2) is 51.1 Å². The van der Waals surface area contributed by atoms with Crippen molar-refractivity contribution in [2.24, 2.45) is 4.99 Å². The van der Waals surface area contributed by atoms with Gasteiger partial charge in [0.2, 0.25) is 5.91 Å². The third-order valence-electron chi connectivity index (χ3n) is 5.39. The minimum Gasteiger partial charge on any atom is -0.351 e. The maximum absolute atomic E-state index is 12.5. The van der Waals surface area contributed by atoms with Gasteiger partial charge in [-0.2, -0.15) is 4.99 Å². The number of hydrogen-bond acceptors (Lipinski definition) is 6. The van der Waals surface area contributed by atoms with Gasteiger partial charge in [-0.1, -0.05) is 17.8 Å². The van der Waals surface area contributed by atoms with Crippen molar-refractivity contribution in [2.75, 3.05) is 18.4 Å². The van der Waals surface area contributed by atoms with Crippen LogP contribution in [0.5, 0.6) is 0 Å². The summed E-state index contributed by atoms with van der Waals surface area (Å²) in [5, 5.41) is 5.96. The minimum atomic E-state index is -0.483. The standard InChI is InChI=1S/C23H25N5O3S/c1-15(18-6-2-3-11-24-18)25-21(30)16-7-9-17(10-8-16)26-20(29)14-19-22(31)27-23(32-19)28-12-4-5-13-28/h2-3,6-11,15,19H,4-5,12-14H2,1H3,(H,25,30)(H,26,29)/t15-,19-/m1/s1. The summed E-state index contributed by atoms with van der Waals surface area (Å²) in [6, 6.07) is 12.0. The van der Waals surface area contributed by atoms with Crippen LogP contribution < -0.4 is 10.6 Å². The van der Waals surface area contributed by atoms with Gasteiger partial charge in [-0.15, -0.1) is 0 Å². The molecule has 2 N–H and O–H groups in total. The fraction of sp³-hybridized carbons (Fsp3) is 0.348. The number of thioether (sulfide) groups is 1. The summed E-state index contributed by atoms with van der Waals surface area (Å²) in [5.74, 6) is -0.726. The highest BCUT2D eigenvalue weighted by molar-refractivity contribution is 8.15. The number of likely N-dealkylation sites (tertiary alicyclic amines) is 1. The van der Waals surface area contributed by atoms with Crippen LogP contribution in [-0.2, 0) is 9.59 Å². The summed E-state index contributed by atoms with van der Waals surface area (Å²) in [7, 11) is 0. The summed E-state index contributed by atoms with van der Waals surface area (Å²) in [6.07, 6.45) is 3.96. The number of carbonyl (C=O) groups excluding carboxylic acids is 3. The van der Waals surface area contributed by atoms with Gasteiger partial charge in [0.1, 0.15) is 5.25 Å². The highest BCUT2D eigenvalue weighted by Gasteiger charge is 2.33. The number of amidine groups is 1. The van der Waals surface area contributed by atoms with Crippen LogP contribution in [0, 0.1) is 0 Å². The molecule has 0 spiro atoms. The molecule has 32 heavy (non-hydrogen) atoms. The molecule has 3 amide bonds. The Bertz CT molecular complexity index is 1020. The van der Waals surface area contributed by atoms with Crippen molar-refractivity contribution in [2.45, 2.75) is 37.5 Å². The number of aliphatic imine (C=N–C) groups is 1. The van der Waals surface area contributed by atoms with E-state index in [-0.39, 0.29) is 30.2 Å². The summed E-state index contributed by atoms with van der Waals surface area (Å²) < 4.78 is 0. The first kappa shape index (κ1) is 22.0. The van der Waals surface area contributed by atoms with Gasteiger partial charge in [0.25, 0.3) is 11.8 Å². The fourth-order valence-corrected chi connectivity index (χ4v) is 4.74. The number of pyridine rings is 1. The number of hydrogen-bond donors (Lipinski definition) is 2. The Kier molecular flexibility index (Phi) is 6.84. The van der Waals surface area contributed by atoms with Gasteiger partial charge < -0.3 is 15.5 Å². The van der Waals surface area contributed by atoms with Gasteiger partial charge in [-0.25, -0.2) is 0 Å². The van der Waals surface area contributed by atoms with Crippen LogP contribution in [0.25, 0.3) is 0 Å². The van der Waals surface area contributed by atoms with E-state index in [1.54, 1.807) is 30.5 Å². The second-order valence-electron chi connectivity index (χ2n) is 7.81. The summed E-state index contributed by atoms with van der Waals surface area (Å²) >= 11 is 1.37. The van der Waals surface area contributed by atoms with E-state index < -0.39 is 5.25 Å². The highest BCUT2D eigenvalue weighted by Crippen LogP contribution is 2.29. The second-order valence-corrected chi connectivity index (χ2v) is 8.98. The second kappa shape index (κ2) is 9.95. The van der Waals surface area contributed by atoms with Crippen molar-refractivity contribution in [3.8, 4) is 0 Å². The predicted octanol–water partition coefficient (Wildman–Crippen LogP) is 3.00. The summed E-state index contributed by atoms with van der Waals surface area (Å²) in [5.41, 5.74) is 1.83. The molecular formula is C23H25N5O3S. The van der Waals surface area contributed by atoms with Crippen molar-refractivity contribution in [3.05, 3.63) is 59.9 Å². The molecule has 4 rings (SSSR count). The number of benzene rings is 1. The Labute approximate surface area is 190 Å². The molecule has 2 aliphatic rings. The molecule has 2 aliphatic heterocycles. The molecule has 1 fully saturated rings. The normalized spacial score (nSPS) is 18.9. The molecule has 0 aliphatic carbocycles. The quantitative estimate of drug-likeness (QED) is 0.700. The van der Waals surface area contributed by atoms with E-state index in [0.717, 1.165) is 36.8 Å². The number of nitrogens with zero attached hydrogens (tertiary/aromatic N) is 3. The van der Waals surface area contributed by atoms with Gasteiger partial charge in [0.15, 0.2) is 5.17 Å². The minimum absolute atomic E-state index is 0.0637. The molecule has 1 aromatic carbocycles. The molecule has 1 aromatic heterocycles. The van der Waals surface area contributed by atoms with E-state index in [1.807, 2.05) is 25.1 Å². The lowest BCUT2D eigenvalue weighted by Gasteiger charge is -2.16. The van der Waals surface area contributed by atoms with Crippen molar-refractivity contribution >= 4 is 40.3 Å². The molecule has 0 unspecified atom stereocenters. The Morgan fingerprint density at radius 3 is 2.59 bits per heavy atom. The predicted molar refractivity (Wildman–Crippen MR) is 124 cm³/mol. The largest absolute Gasteiger partial charge is 0.351 e. The molecule has 0 bridgehead atoms. The Hall–Kier alpha value is -3.20. The van der Waals surface area contributed by atoms with Crippen LogP contribution in [0.2, 0.25) is 0 Å². The number of nitrogens with one attached hydrogen (secondary N) is 2. The first-order valence-electron chi connectivity index (χ1n) is 10.7. The molecule has 166 valence electrons. The fourth-order valence-electron chi connectivity index (χ4n) is 3.62. The molecule has 3 heterocycles. The maximum Gasteiger partial charge on any atom is 0.262 e. The molecule has 0 radical (unpaired) electrons. The number of carbonyl (C=O) groups is 3. The number of aromatic nitrogens is 1. The van der Waals surface area contributed by atoms with Crippen LogP contribution in [0.15, 0.2) is 53.7 Å². The third-order valence-corrected chi connectivity index (χ3v) is 6.60. The van der Waals surface area contributed by atoms with Crippen molar-refractivity contribution in [3.63, 3.8) is 0 Å². The van der Waals surface area contributed by atoms with Gasteiger partial charge >= 0.3 is 0 Å². The average Bonchev–Trinajstić information content (AvgIpc) is 3.45. The molecule has 1 saturated heterocycles. The van der Waals surface area contributed by atoms with E-state index in [1.165, 1.54) is 11.8 Å². The first-order valence-corrected chi connectivity index (χ1v) is 11.5. The monoisotopic (exact) mass is 451 g/mol. The Balaban J connectivity index is 1.27. The van der Waals surface area contributed by atoms with Gasteiger partial charge in [0, 0.05) is 37.0 Å². The highest BCUT2D eigenvalue weighted by atomic mass is 32.2. The number of amides is 3. The zero-order chi connectivity index (χ0) is 22.5. The van der Waals surface area contributed by atoms with E-state index in [9.17, 15) is 14.4 Å². The lowest BCUT2D eigenvalue weighted by Crippen LogP contribution is -2.27. The van der Waals surface area contributed by atoms with Crippen LogP contribution in [0.1, 0.15) is 48.3 Å². The summed E-state index contributed by atoms with van der Waals surface area (Å²) in [4.78, 5) is 47.6. The molecule has 2 aromatic rings. The van der Waals surface area contributed by atoms with Crippen LogP contribution >= 0.6 is 11.8 Å². The van der Waals surface area contributed by atoms with Gasteiger partial charge in [-0.05, 0) is 56.2 Å².